The highest BCUT2D eigenvalue weighted by Gasteiger charge is 2.18. The predicted octanol–water partition coefficient (Wildman–Crippen LogP) is 5.53. The van der Waals surface area contributed by atoms with Crippen LogP contribution in [0.2, 0.25) is 0 Å². The molecule has 0 bridgehead atoms. The molecule has 1 amide bonds. The van der Waals surface area contributed by atoms with E-state index in [1.165, 1.54) is 11.3 Å². The Kier molecular flexibility index (Phi) is 6.45. The van der Waals surface area contributed by atoms with Crippen LogP contribution in [0.25, 0.3) is 11.3 Å². The van der Waals surface area contributed by atoms with E-state index in [1.54, 1.807) is 6.21 Å². The maximum atomic E-state index is 11.8. The summed E-state index contributed by atoms with van der Waals surface area (Å²) in [6, 6.07) is 23.2. The largest absolute Gasteiger partial charge is 0.482 e. The van der Waals surface area contributed by atoms with Crippen molar-refractivity contribution >= 4 is 29.1 Å². The van der Waals surface area contributed by atoms with Crippen LogP contribution in [0.15, 0.2) is 88.3 Å². The second-order valence-electron chi connectivity index (χ2n) is 8.22. The highest BCUT2D eigenvalue weighted by Crippen LogP contribution is 2.33. The molecule has 7 nitrogen and oxygen atoms in total. The van der Waals surface area contributed by atoms with Crippen molar-refractivity contribution in [2.75, 3.05) is 11.9 Å². The SMILES string of the molecule is CC(C)N=c1scc(-c2ccc3c(c2)NC(=O)CO3)n1N=Cc1cccc(Oc2ccccc2)c1. The first-order valence-corrected chi connectivity index (χ1v) is 12.1. The van der Waals surface area contributed by atoms with E-state index >= 15 is 0 Å². The Hall–Kier alpha value is -4.17. The van der Waals surface area contributed by atoms with Crippen LogP contribution in [0.3, 0.4) is 0 Å². The van der Waals surface area contributed by atoms with Crippen molar-refractivity contribution in [2.45, 2.75) is 19.9 Å². The summed E-state index contributed by atoms with van der Waals surface area (Å²) in [4.78, 5) is 17.3. The van der Waals surface area contributed by atoms with Crippen LogP contribution in [-0.4, -0.2) is 29.4 Å². The molecule has 5 rings (SSSR count). The van der Waals surface area contributed by atoms with E-state index < -0.39 is 0 Å². The number of thiazole rings is 1. The quantitative estimate of drug-likeness (QED) is 0.366. The summed E-state index contributed by atoms with van der Waals surface area (Å²) in [7, 11) is 0. The zero-order valence-electron chi connectivity index (χ0n) is 19.3. The van der Waals surface area contributed by atoms with Gasteiger partial charge in [-0.05, 0) is 61.9 Å². The van der Waals surface area contributed by atoms with Gasteiger partial charge in [0, 0.05) is 17.0 Å². The summed E-state index contributed by atoms with van der Waals surface area (Å²) < 4.78 is 13.3. The first-order valence-electron chi connectivity index (χ1n) is 11.2. The van der Waals surface area contributed by atoms with Gasteiger partial charge in [0.2, 0.25) is 4.80 Å². The van der Waals surface area contributed by atoms with E-state index in [1.807, 2.05) is 96.7 Å². The summed E-state index contributed by atoms with van der Waals surface area (Å²) in [6.07, 6.45) is 1.79. The highest BCUT2D eigenvalue weighted by molar-refractivity contribution is 7.07. The number of rotatable bonds is 6. The van der Waals surface area contributed by atoms with Crippen LogP contribution in [-0.2, 0) is 4.79 Å². The van der Waals surface area contributed by atoms with Crippen LogP contribution in [0, 0.1) is 0 Å². The molecule has 8 heteroatoms. The Morgan fingerprint density at radius 3 is 2.71 bits per heavy atom. The fraction of sp³-hybridized carbons (Fsp3) is 0.148. The number of para-hydroxylation sites is 1. The molecule has 0 saturated heterocycles. The number of ether oxygens (including phenoxy) is 2. The van der Waals surface area contributed by atoms with Crippen molar-refractivity contribution in [1.82, 2.24) is 4.68 Å². The van der Waals surface area contributed by atoms with Crippen molar-refractivity contribution in [3.8, 4) is 28.5 Å². The minimum atomic E-state index is -0.168. The number of anilines is 1. The van der Waals surface area contributed by atoms with E-state index in [-0.39, 0.29) is 18.6 Å². The van der Waals surface area contributed by atoms with Gasteiger partial charge >= 0.3 is 0 Å². The summed E-state index contributed by atoms with van der Waals surface area (Å²) in [6.45, 7) is 4.09. The number of hydrogen-bond acceptors (Lipinski definition) is 6. The first kappa shape index (κ1) is 22.6. The molecule has 2 heterocycles. The Bertz CT molecular complexity index is 1450. The number of carbonyl (C=O) groups is 1. The smallest absolute Gasteiger partial charge is 0.262 e. The molecule has 3 aromatic carbocycles. The van der Waals surface area contributed by atoms with Crippen molar-refractivity contribution in [3.05, 3.63) is 88.5 Å². The topological polar surface area (TPSA) is 77.2 Å². The third kappa shape index (κ3) is 5.33. The molecule has 0 unspecified atom stereocenters. The van der Waals surface area contributed by atoms with Gasteiger partial charge in [-0.15, -0.1) is 11.3 Å². The van der Waals surface area contributed by atoms with Crippen LogP contribution in [0.4, 0.5) is 5.69 Å². The minimum Gasteiger partial charge on any atom is -0.482 e. The van der Waals surface area contributed by atoms with Crippen LogP contribution < -0.4 is 19.6 Å². The van der Waals surface area contributed by atoms with E-state index in [0.717, 1.165) is 33.1 Å². The van der Waals surface area contributed by atoms with E-state index in [4.69, 9.17) is 19.6 Å². The summed E-state index contributed by atoms with van der Waals surface area (Å²) in [5.41, 5.74) is 3.30. The molecule has 0 spiro atoms. The fourth-order valence-electron chi connectivity index (χ4n) is 3.57. The first-order chi connectivity index (χ1) is 17.0. The van der Waals surface area contributed by atoms with Gasteiger partial charge in [0.05, 0.1) is 17.6 Å². The van der Waals surface area contributed by atoms with Gasteiger partial charge in [-0.2, -0.15) is 5.10 Å². The predicted molar refractivity (Wildman–Crippen MR) is 139 cm³/mol. The lowest BCUT2D eigenvalue weighted by Gasteiger charge is -2.18. The van der Waals surface area contributed by atoms with E-state index in [2.05, 4.69) is 5.32 Å². The molecule has 0 fully saturated rings. The lowest BCUT2D eigenvalue weighted by Crippen LogP contribution is -2.25. The number of amides is 1. The third-order valence-corrected chi connectivity index (χ3v) is 5.95. The molecule has 1 aliphatic heterocycles. The molecule has 0 aliphatic carbocycles. The average molecular weight is 485 g/mol. The lowest BCUT2D eigenvalue weighted by atomic mass is 10.1. The van der Waals surface area contributed by atoms with Gasteiger partial charge in [-0.1, -0.05) is 30.3 Å². The van der Waals surface area contributed by atoms with Gasteiger partial charge in [0.1, 0.15) is 17.2 Å². The van der Waals surface area contributed by atoms with Gasteiger partial charge < -0.3 is 14.8 Å². The molecule has 176 valence electrons. The number of nitrogens with zero attached hydrogens (tertiary/aromatic N) is 3. The third-order valence-electron chi connectivity index (χ3n) is 5.12. The molecule has 0 atom stereocenters. The average Bonchev–Trinajstić information content (AvgIpc) is 3.24. The Morgan fingerprint density at radius 1 is 1.06 bits per heavy atom. The highest BCUT2D eigenvalue weighted by atomic mass is 32.1. The summed E-state index contributed by atoms with van der Waals surface area (Å²) >= 11 is 1.52. The molecule has 1 aromatic heterocycles. The molecule has 1 aliphatic rings. The van der Waals surface area contributed by atoms with Crippen LogP contribution in [0.1, 0.15) is 19.4 Å². The Labute approximate surface area is 207 Å². The summed E-state index contributed by atoms with van der Waals surface area (Å²) in [5.74, 6) is 1.99. The fourth-order valence-corrected chi connectivity index (χ4v) is 4.54. The number of fused-ring (bicyclic) bond motifs is 1. The zero-order valence-corrected chi connectivity index (χ0v) is 20.2. The van der Waals surface area contributed by atoms with E-state index in [0.29, 0.717) is 11.4 Å². The van der Waals surface area contributed by atoms with Gasteiger partial charge in [0.15, 0.2) is 6.61 Å². The van der Waals surface area contributed by atoms with Crippen molar-refractivity contribution in [3.63, 3.8) is 0 Å². The maximum Gasteiger partial charge on any atom is 0.262 e. The van der Waals surface area contributed by atoms with E-state index in [9.17, 15) is 4.79 Å². The molecule has 0 radical (unpaired) electrons. The minimum absolute atomic E-state index is 0.0273. The standard InChI is InChI=1S/C27H24N4O3S/c1-18(2)29-27-31(24(17-35-27)20-11-12-25-23(14-20)30-26(32)16-33-25)28-15-19-7-6-10-22(13-19)34-21-8-4-3-5-9-21/h3-15,17-18H,16H2,1-2H3,(H,30,32). The normalized spacial score (nSPS) is 13.6. The Balaban J connectivity index is 1.49. The van der Waals surface area contributed by atoms with Crippen LogP contribution >= 0.6 is 11.3 Å². The monoisotopic (exact) mass is 484 g/mol. The molecular formula is C27H24N4O3S. The summed E-state index contributed by atoms with van der Waals surface area (Å²) in [5, 5.41) is 9.66. The van der Waals surface area contributed by atoms with Gasteiger partial charge in [-0.25, -0.2) is 4.68 Å². The molecule has 35 heavy (non-hydrogen) atoms. The second kappa shape index (κ2) is 9.99. The maximum absolute atomic E-state index is 11.8. The van der Waals surface area contributed by atoms with Crippen LogP contribution in [0.5, 0.6) is 17.2 Å². The van der Waals surface area contributed by atoms with Gasteiger partial charge in [0.25, 0.3) is 5.91 Å². The lowest BCUT2D eigenvalue weighted by molar-refractivity contribution is -0.118. The zero-order chi connectivity index (χ0) is 24.2. The number of aromatic nitrogens is 1. The van der Waals surface area contributed by atoms with Crippen molar-refractivity contribution in [1.29, 1.82) is 0 Å². The Morgan fingerprint density at radius 2 is 1.89 bits per heavy atom. The number of hydrogen-bond donors (Lipinski definition) is 1. The van der Waals surface area contributed by atoms with Gasteiger partial charge in [-0.3, -0.25) is 9.79 Å². The van der Waals surface area contributed by atoms with Crippen molar-refractivity contribution in [2.24, 2.45) is 10.1 Å². The molecule has 0 saturated carbocycles. The second-order valence-corrected chi connectivity index (χ2v) is 9.05. The number of nitrogens with one attached hydrogen (secondary N) is 1. The van der Waals surface area contributed by atoms with Crippen molar-refractivity contribution < 1.29 is 14.3 Å². The molecular weight excluding hydrogens is 460 g/mol. The molecule has 1 N–H and O–H groups in total. The molecule has 4 aromatic rings. The number of carbonyl (C=O) groups excluding carboxylic acids is 1. The number of benzene rings is 3.